The van der Waals surface area contributed by atoms with Gasteiger partial charge < -0.3 is 16.4 Å². The van der Waals surface area contributed by atoms with Gasteiger partial charge in [0.1, 0.15) is 0 Å². The van der Waals surface area contributed by atoms with Gasteiger partial charge in [0.15, 0.2) is 0 Å². The van der Waals surface area contributed by atoms with Crippen molar-refractivity contribution in [2.75, 3.05) is 12.3 Å². The monoisotopic (exact) mass is 211 g/mol. The van der Waals surface area contributed by atoms with Gasteiger partial charge in [-0.25, -0.2) is 4.79 Å². The average Bonchev–Trinajstić information content (AvgIpc) is 2.56. The van der Waals surface area contributed by atoms with Crippen LogP contribution in [-0.2, 0) is 0 Å². The van der Waals surface area contributed by atoms with Gasteiger partial charge in [0, 0.05) is 22.8 Å². The first-order valence-corrected chi connectivity index (χ1v) is 4.64. The van der Waals surface area contributed by atoms with E-state index in [1.165, 1.54) is 0 Å². The van der Waals surface area contributed by atoms with Crippen molar-refractivity contribution in [3.63, 3.8) is 0 Å². The summed E-state index contributed by atoms with van der Waals surface area (Å²) < 4.78 is 0. The molecule has 1 aliphatic rings. The summed E-state index contributed by atoms with van der Waals surface area (Å²) in [5.41, 5.74) is 7.28. The molecule has 0 aliphatic carbocycles. The number of nitrogen functional groups attached to an aromatic ring is 1. The van der Waals surface area contributed by atoms with E-state index in [0.29, 0.717) is 17.3 Å². The molecule has 1 aromatic carbocycles. The van der Waals surface area contributed by atoms with Crippen LogP contribution in [0.15, 0.2) is 18.2 Å². The molecule has 0 aromatic heterocycles. The molecule has 4 nitrogen and oxygen atoms in total. The van der Waals surface area contributed by atoms with E-state index in [-0.39, 0.29) is 12.1 Å². The number of hydrogen-bond acceptors (Lipinski definition) is 2. The van der Waals surface area contributed by atoms with Crippen LogP contribution in [-0.4, -0.2) is 12.6 Å². The van der Waals surface area contributed by atoms with Gasteiger partial charge in [-0.3, -0.25) is 0 Å². The molecule has 1 saturated heterocycles. The van der Waals surface area contributed by atoms with E-state index in [9.17, 15) is 4.79 Å². The summed E-state index contributed by atoms with van der Waals surface area (Å²) in [6, 6.07) is 4.98. The number of urea groups is 1. The number of nitrogens with two attached hydrogens (primary N) is 1. The van der Waals surface area contributed by atoms with Gasteiger partial charge in [-0.05, 0) is 18.2 Å². The van der Waals surface area contributed by atoms with Crippen molar-refractivity contribution in [2.45, 2.75) is 6.04 Å². The highest BCUT2D eigenvalue weighted by Crippen LogP contribution is 2.25. The Morgan fingerprint density at radius 3 is 2.93 bits per heavy atom. The fourth-order valence-electron chi connectivity index (χ4n) is 1.49. The minimum atomic E-state index is -0.172. The van der Waals surface area contributed by atoms with E-state index < -0.39 is 0 Å². The van der Waals surface area contributed by atoms with Gasteiger partial charge >= 0.3 is 6.03 Å². The summed E-state index contributed by atoms with van der Waals surface area (Å²) in [5.74, 6) is 0. The predicted octanol–water partition coefficient (Wildman–Crippen LogP) is 1.28. The van der Waals surface area contributed by atoms with Crippen molar-refractivity contribution in [1.82, 2.24) is 10.6 Å². The van der Waals surface area contributed by atoms with Gasteiger partial charge in [0.2, 0.25) is 0 Å². The fourth-order valence-corrected chi connectivity index (χ4v) is 1.67. The second-order valence-corrected chi connectivity index (χ2v) is 3.62. The Hall–Kier alpha value is -1.42. The molecule has 1 atom stereocenters. The summed E-state index contributed by atoms with van der Waals surface area (Å²) in [4.78, 5) is 10.9. The van der Waals surface area contributed by atoms with Crippen molar-refractivity contribution < 1.29 is 4.79 Å². The second-order valence-electron chi connectivity index (χ2n) is 3.18. The second kappa shape index (κ2) is 3.38. The first-order chi connectivity index (χ1) is 6.66. The molecule has 1 heterocycles. The van der Waals surface area contributed by atoms with Crippen LogP contribution in [0.3, 0.4) is 0 Å². The summed E-state index contributed by atoms with van der Waals surface area (Å²) in [6.45, 7) is 0.545. The van der Waals surface area contributed by atoms with Crippen molar-refractivity contribution in [3.05, 3.63) is 28.8 Å². The maximum absolute atomic E-state index is 10.9. The number of hydrogen-bond donors (Lipinski definition) is 3. The van der Waals surface area contributed by atoms with E-state index in [0.717, 1.165) is 5.56 Å². The van der Waals surface area contributed by atoms with Crippen LogP contribution in [0.25, 0.3) is 0 Å². The lowest BCUT2D eigenvalue weighted by Crippen LogP contribution is -2.22. The highest BCUT2D eigenvalue weighted by Gasteiger charge is 2.23. The number of anilines is 1. The van der Waals surface area contributed by atoms with E-state index in [1.807, 2.05) is 0 Å². The van der Waals surface area contributed by atoms with E-state index >= 15 is 0 Å². The Morgan fingerprint density at radius 1 is 1.50 bits per heavy atom. The molecule has 2 rings (SSSR count). The topological polar surface area (TPSA) is 67.1 Å². The van der Waals surface area contributed by atoms with E-state index in [4.69, 9.17) is 17.3 Å². The van der Waals surface area contributed by atoms with Crippen molar-refractivity contribution in [2.24, 2.45) is 0 Å². The first-order valence-electron chi connectivity index (χ1n) is 4.26. The van der Waals surface area contributed by atoms with Gasteiger partial charge in [-0.15, -0.1) is 0 Å². The lowest BCUT2D eigenvalue weighted by atomic mass is 10.1. The van der Waals surface area contributed by atoms with Gasteiger partial charge in [0.25, 0.3) is 0 Å². The number of nitrogens with one attached hydrogen (secondary N) is 2. The minimum Gasteiger partial charge on any atom is -0.398 e. The third-order valence-electron chi connectivity index (χ3n) is 2.20. The Morgan fingerprint density at radius 2 is 2.29 bits per heavy atom. The van der Waals surface area contributed by atoms with Crippen LogP contribution in [0.1, 0.15) is 11.6 Å². The number of carbonyl (C=O) groups excluding carboxylic acids is 1. The summed E-state index contributed by atoms with van der Waals surface area (Å²) in [6.07, 6.45) is 0. The average molecular weight is 212 g/mol. The number of benzene rings is 1. The molecule has 5 heteroatoms. The van der Waals surface area contributed by atoms with Crippen LogP contribution in [0.2, 0.25) is 5.02 Å². The maximum atomic E-state index is 10.9. The zero-order valence-electron chi connectivity index (χ0n) is 7.38. The Labute approximate surface area is 86.4 Å². The molecule has 1 aliphatic heterocycles. The molecule has 0 bridgehead atoms. The third kappa shape index (κ3) is 1.61. The van der Waals surface area contributed by atoms with Gasteiger partial charge in [0.05, 0.1) is 6.04 Å². The highest BCUT2D eigenvalue weighted by molar-refractivity contribution is 6.30. The number of rotatable bonds is 1. The molecule has 4 N–H and O–H groups in total. The van der Waals surface area contributed by atoms with Crippen LogP contribution < -0.4 is 16.4 Å². The molecule has 0 saturated carbocycles. The standard InChI is InChI=1S/C9H10ClN3O/c10-5-1-2-7(11)6(3-5)8-4-12-9(14)13-8/h1-3,8H,4,11H2,(H2,12,13,14)/t8-/m0/s1. The van der Waals surface area contributed by atoms with Crippen molar-refractivity contribution >= 4 is 23.3 Å². The number of halogens is 1. The largest absolute Gasteiger partial charge is 0.398 e. The zero-order chi connectivity index (χ0) is 10.1. The fraction of sp³-hybridized carbons (Fsp3) is 0.222. The van der Waals surface area contributed by atoms with E-state index in [2.05, 4.69) is 10.6 Å². The molecule has 0 radical (unpaired) electrons. The van der Waals surface area contributed by atoms with Crippen LogP contribution in [0.4, 0.5) is 10.5 Å². The normalized spacial score (nSPS) is 20.4. The Bertz CT molecular complexity index is 380. The summed E-state index contributed by atoms with van der Waals surface area (Å²) in [5, 5.41) is 6.04. The summed E-state index contributed by atoms with van der Waals surface area (Å²) >= 11 is 5.84. The number of amides is 2. The van der Waals surface area contributed by atoms with Crippen molar-refractivity contribution in [3.8, 4) is 0 Å². The molecular formula is C9H10ClN3O. The quantitative estimate of drug-likeness (QED) is 0.613. The maximum Gasteiger partial charge on any atom is 0.315 e. The molecule has 1 aromatic rings. The lowest BCUT2D eigenvalue weighted by Gasteiger charge is -2.11. The lowest BCUT2D eigenvalue weighted by molar-refractivity contribution is 0.247. The van der Waals surface area contributed by atoms with Crippen LogP contribution in [0.5, 0.6) is 0 Å². The predicted molar refractivity (Wildman–Crippen MR) is 55.1 cm³/mol. The minimum absolute atomic E-state index is 0.0822. The Kier molecular flexibility index (Phi) is 2.21. The SMILES string of the molecule is Nc1ccc(Cl)cc1[C@@H]1CNC(=O)N1. The zero-order valence-corrected chi connectivity index (χ0v) is 8.14. The Balaban J connectivity index is 2.31. The third-order valence-corrected chi connectivity index (χ3v) is 2.43. The molecule has 0 spiro atoms. The van der Waals surface area contributed by atoms with Gasteiger partial charge in [-0.2, -0.15) is 0 Å². The van der Waals surface area contributed by atoms with Crippen molar-refractivity contribution in [1.29, 1.82) is 0 Å². The summed E-state index contributed by atoms with van der Waals surface area (Å²) in [7, 11) is 0. The van der Waals surface area contributed by atoms with Crippen LogP contribution >= 0.6 is 11.6 Å². The molecule has 74 valence electrons. The molecule has 2 amide bonds. The highest BCUT2D eigenvalue weighted by atomic mass is 35.5. The smallest absolute Gasteiger partial charge is 0.315 e. The first kappa shape index (κ1) is 9.15. The molecule has 0 unspecified atom stereocenters. The molecule has 1 fully saturated rings. The van der Waals surface area contributed by atoms with Crippen LogP contribution in [0, 0.1) is 0 Å². The number of carbonyl (C=O) groups is 1. The molecule has 14 heavy (non-hydrogen) atoms. The van der Waals surface area contributed by atoms with Gasteiger partial charge in [-0.1, -0.05) is 11.6 Å². The molecular weight excluding hydrogens is 202 g/mol. The van der Waals surface area contributed by atoms with E-state index in [1.54, 1.807) is 18.2 Å².